The van der Waals surface area contributed by atoms with Gasteiger partial charge in [-0.1, -0.05) is 0 Å². The number of hydrogen-bond donors (Lipinski definition) is 0. The summed E-state index contributed by atoms with van der Waals surface area (Å²) in [5, 5.41) is 2.13. The van der Waals surface area contributed by atoms with Crippen LogP contribution >= 0.6 is 11.3 Å². The van der Waals surface area contributed by atoms with E-state index in [2.05, 4.69) is 27.4 Å². The van der Waals surface area contributed by atoms with E-state index in [-0.39, 0.29) is 0 Å². The molecule has 0 saturated carbocycles. The number of rotatable bonds is 2. The molecular weight excluding hydrogens is 192 g/mol. The van der Waals surface area contributed by atoms with Gasteiger partial charge in [-0.15, -0.1) is 11.3 Å². The van der Waals surface area contributed by atoms with Crippen molar-refractivity contribution in [3.63, 3.8) is 0 Å². The lowest BCUT2D eigenvalue weighted by atomic mass is 10.3. The van der Waals surface area contributed by atoms with Crippen LogP contribution < -0.4 is 4.90 Å². The third-order valence-electron chi connectivity index (χ3n) is 1.96. The van der Waals surface area contributed by atoms with E-state index in [0.717, 1.165) is 5.69 Å². The maximum Gasteiger partial charge on any atom is 0.0808 e. The fourth-order valence-corrected chi connectivity index (χ4v) is 2.10. The van der Waals surface area contributed by atoms with E-state index in [1.807, 2.05) is 26.2 Å². The summed E-state index contributed by atoms with van der Waals surface area (Å²) in [6.07, 6.45) is 1.77. The van der Waals surface area contributed by atoms with Crippen molar-refractivity contribution in [1.29, 1.82) is 0 Å². The third-order valence-corrected chi connectivity index (χ3v) is 2.90. The molecule has 0 N–H and O–H groups in total. The van der Waals surface area contributed by atoms with Crippen molar-refractivity contribution < 1.29 is 0 Å². The molecule has 2 aromatic heterocycles. The molecule has 0 aromatic carbocycles. The molecule has 0 saturated heterocycles. The molecule has 1 radical (unpaired) electrons. The SMILES string of the molecule is CN(C)c1csc(-c2c[c]ccn2)c1. The molecule has 0 unspecified atom stereocenters. The van der Waals surface area contributed by atoms with E-state index >= 15 is 0 Å². The van der Waals surface area contributed by atoms with Crippen molar-refractivity contribution >= 4 is 17.0 Å². The van der Waals surface area contributed by atoms with Crippen molar-refractivity contribution in [2.45, 2.75) is 0 Å². The van der Waals surface area contributed by atoms with E-state index in [9.17, 15) is 0 Å². The first-order chi connectivity index (χ1) is 6.77. The fourth-order valence-electron chi connectivity index (χ4n) is 1.15. The minimum atomic E-state index is 0.991. The molecule has 2 aromatic rings. The quantitative estimate of drug-likeness (QED) is 0.746. The van der Waals surface area contributed by atoms with Gasteiger partial charge in [-0.25, -0.2) is 0 Å². The van der Waals surface area contributed by atoms with Crippen LogP contribution in [0.1, 0.15) is 0 Å². The first kappa shape index (κ1) is 9.21. The van der Waals surface area contributed by atoms with Crippen molar-refractivity contribution in [2.75, 3.05) is 19.0 Å². The monoisotopic (exact) mass is 203 g/mol. The molecule has 2 rings (SSSR count). The zero-order valence-corrected chi connectivity index (χ0v) is 9.01. The molecular formula is C11H11N2S. The normalized spacial score (nSPS) is 10.1. The molecule has 0 fully saturated rings. The maximum atomic E-state index is 4.28. The second kappa shape index (κ2) is 3.80. The lowest BCUT2D eigenvalue weighted by molar-refractivity contribution is 1.14. The minimum Gasteiger partial charge on any atom is -0.377 e. The fraction of sp³-hybridized carbons (Fsp3) is 0.182. The maximum absolute atomic E-state index is 4.28. The molecule has 14 heavy (non-hydrogen) atoms. The number of aromatic nitrogens is 1. The molecule has 2 heterocycles. The van der Waals surface area contributed by atoms with Gasteiger partial charge in [-0.3, -0.25) is 4.98 Å². The van der Waals surface area contributed by atoms with Crippen molar-refractivity contribution in [3.05, 3.63) is 35.8 Å². The van der Waals surface area contributed by atoms with Gasteiger partial charge in [0.15, 0.2) is 0 Å². The van der Waals surface area contributed by atoms with Gasteiger partial charge in [0.2, 0.25) is 0 Å². The second-order valence-electron chi connectivity index (χ2n) is 3.20. The molecule has 0 spiro atoms. The number of thiophene rings is 1. The van der Waals surface area contributed by atoms with E-state index < -0.39 is 0 Å². The highest BCUT2D eigenvalue weighted by molar-refractivity contribution is 7.14. The van der Waals surface area contributed by atoms with Crippen molar-refractivity contribution in [3.8, 4) is 10.6 Å². The summed E-state index contributed by atoms with van der Waals surface area (Å²) in [7, 11) is 4.08. The van der Waals surface area contributed by atoms with Gasteiger partial charge in [0.1, 0.15) is 0 Å². The number of pyridine rings is 1. The summed E-state index contributed by atoms with van der Waals surface area (Å²) in [6.45, 7) is 0. The summed E-state index contributed by atoms with van der Waals surface area (Å²) < 4.78 is 0. The molecule has 0 bridgehead atoms. The molecule has 71 valence electrons. The van der Waals surface area contributed by atoms with Crippen molar-refractivity contribution in [2.24, 2.45) is 0 Å². The van der Waals surface area contributed by atoms with Gasteiger partial charge in [0, 0.05) is 31.4 Å². The van der Waals surface area contributed by atoms with Gasteiger partial charge < -0.3 is 4.90 Å². The first-order valence-electron chi connectivity index (χ1n) is 4.36. The molecule has 0 aliphatic carbocycles. The van der Waals surface area contributed by atoms with Crippen LogP contribution in [0.3, 0.4) is 0 Å². The van der Waals surface area contributed by atoms with Crippen molar-refractivity contribution in [1.82, 2.24) is 4.98 Å². The highest BCUT2D eigenvalue weighted by Gasteiger charge is 2.03. The Morgan fingerprint density at radius 3 is 2.86 bits per heavy atom. The number of nitrogens with zero attached hydrogens (tertiary/aromatic N) is 2. The van der Waals surface area contributed by atoms with Crippen LogP contribution in [-0.4, -0.2) is 19.1 Å². The molecule has 2 nitrogen and oxygen atoms in total. The Morgan fingerprint density at radius 2 is 2.29 bits per heavy atom. The van der Waals surface area contributed by atoms with Gasteiger partial charge >= 0.3 is 0 Å². The van der Waals surface area contributed by atoms with Crippen LogP contribution in [0.2, 0.25) is 0 Å². The average molecular weight is 203 g/mol. The second-order valence-corrected chi connectivity index (χ2v) is 4.12. The Hall–Kier alpha value is -1.35. The van der Waals surface area contributed by atoms with Crippen LogP contribution in [0, 0.1) is 6.07 Å². The Labute approximate surface area is 87.8 Å². The van der Waals surface area contributed by atoms with Gasteiger partial charge in [0.25, 0.3) is 0 Å². The largest absolute Gasteiger partial charge is 0.377 e. The summed E-state index contributed by atoms with van der Waals surface area (Å²) >= 11 is 1.71. The van der Waals surface area contributed by atoms with E-state index in [1.54, 1.807) is 17.5 Å². The topological polar surface area (TPSA) is 16.1 Å². The Kier molecular flexibility index (Phi) is 2.50. The smallest absolute Gasteiger partial charge is 0.0808 e. The Morgan fingerprint density at radius 1 is 1.43 bits per heavy atom. The van der Waals surface area contributed by atoms with Crippen LogP contribution in [-0.2, 0) is 0 Å². The van der Waals surface area contributed by atoms with Gasteiger partial charge in [0.05, 0.1) is 10.6 Å². The van der Waals surface area contributed by atoms with E-state index in [4.69, 9.17) is 0 Å². The number of hydrogen-bond acceptors (Lipinski definition) is 3. The minimum absolute atomic E-state index is 0.991. The average Bonchev–Trinajstić information content (AvgIpc) is 2.68. The predicted octanol–water partition coefficient (Wildman–Crippen LogP) is 2.68. The zero-order chi connectivity index (χ0) is 9.97. The standard InChI is InChI=1S/C11H11N2S/c1-13(2)9-7-11(14-8-9)10-5-3-4-6-12-10/h4-8H,1-2H3. The van der Waals surface area contributed by atoms with Gasteiger partial charge in [-0.05, 0) is 24.3 Å². The Bertz CT molecular complexity index is 406. The van der Waals surface area contributed by atoms with Gasteiger partial charge in [-0.2, -0.15) is 0 Å². The molecule has 0 atom stereocenters. The van der Waals surface area contributed by atoms with E-state index in [0.29, 0.717) is 0 Å². The number of anilines is 1. The van der Waals surface area contributed by atoms with Crippen LogP contribution in [0.5, 0.6) is 0 Å². The van der Waals surface area contributed by atoms with Crippen LogP contribution in [0.4, 0.5) is 5.69 Å². The zero-order valence-electron chi connectivity index (χ0n) is 8.19. The van der Waals surface area contributed by atoms with E-state index in [1.165, 1.54) is 10.6 Å². The lowest BCUT2D eigenvalue weighted by Crippen LogP contribution is -2.06. The summed E-state index contributed by atoms with van der Waals surface area (Å²) in [5.41, 5.74) is 2.21. The third kappa shape index (κ3) is 1.77. The Balaban J connectivity index is 2.34. The highest BCUT2D eigenvalue weighted by Crippen LogP contribution is 2.29. The predicted molar refractivity (Wildman–Crippen MR) is 60.7 cm³/mol. The molecule has 3 heteroatoms. The summed E-state index contributed by atoms with van der Waals surface area (Å²) in [6, 6.07) is 8.89. The van der Waals surface area contributed by atoms with Crippen LogP contribution in [0.25, 0.3) is 10.6 Å². The summed E-state index contributed by atoms with van der Waals surface area (Å²) in [4.78, 5) is 7.56. The highest BCUT2D eigenvalue weighted by atomic mass is 32.1. The lowest BCUT2D eigenvalue weighted by Gasteiger charge is -2.07. The molecule has 0 aliphatic rings. The molecule has 0 amide bonds. The van der Waals surface area contributed by atoms with Crippen LogP contribution in [0.15, 0.2) is 29.8 Å². The molecule has 0 aliphatic heterocycles. The summed E-state index contributed by atoms with van der Waals surface area (Å²) in [5.74, 6) is 0. The first-order valence-corrected chi connectivity index (χ1v) is 5.23.